The van der Waals surface area contributed by atoms with E-state index in [1.807, 2.05) is 46.9 Å². The van der Waals surface area contributed by atoms with Gasteiger partial charge in [0.25, 0.3) is 11.4 Å². The zero-order chi connectivity index (χ0) is 48.5. The summed E-state index contributed by atoms with van der Waals surface area (Å²) in [5.74, 6) is 0. The number of fused-ring (bicyclic) bond motifs is 14. The predicted molar refractivity (Wildman–Crippen MR) is 297 cm³/mol. The largest absolute Gasteiger partial charge is 0.495 e. The van der Waals surface area contributed by atoms with Gasteiger partial charge in [0.1, 0.15) is 0 Å². The van der Waals surface area contributed by atoms with Crippen LogP contribution >= 0.6 is 38.6 Å². The van der Waals surface area contributed by atoms with E-state index in [9.17, 15) is 20.2 Å². The van der Waals surface area contributed by atoms with Crippen LogP contribution in [0.3, 0.4) is 0 Å². The molecule has 0 aliphatic carbocycles. The summed E-state index contributed by atoms with van der Waals surface area (Å²) in [5.41, 5.74) is 2.17. The number of rotatable bonds is 4. The van der Waals surface area contributed by atoms with Gasteiger partial charge in [0.15, 0.2) is 0 Å². The van der Waals surface area contributed by atoms with Crippen molar-refractivity contribution in [3.63, 3.8) is 0 Å². The highest BCUT2D eigenvalue weighted by molar-refractivity contribution is 9.10. The minimum Gasteiger partial charge on any atom is -0.399 e. The molecule has 0 unspecified atom stereocenters. The second kappa shape index (κ2) is 17.7. The number of thiophene rings is 2. The molecule has 1 saturated heterocycles. The van der Waals surface area contributed by atoms with Crippen LogP contribution in [0.2, 0.25) is 0 Å². The molecular weight excluding hydrogens is 975 g/mol. The smallest absolute Gasteiger partial charge is 0.399 e. The summed E-state index contributed by atoms with van der Waals surface area (Å²) in [6.45, 7) is 8.42. The van der Waals surface area contributed by atoms with Crippen molar-refractivity contribution in [1.29, 1.82) is 0 Å². The molecule has 1 aliphatic rings. The van der Waals surface area contributed by atoms with Gasteiger partial charge in [-0.05, 0) is 111 Å². The maximum atomic E-state index is 11.6. The van der Waals surface area contributed by atoms with Gasteiger partial charge in [0.2, 0.25) is 0 Å². The first-order valence-electron chi connectivity index (χ1n) is 22.8. The predicted octanol–water partition coefficient (Wildman–Crippen LogP) is 17.0. The lowest BCUT2D eigenvalue weighted by Gasteiger charge is -2.32. The Morgan fingerprint density at radius 3 is 1.41 bits per heavy atom. The van der Waals surface area contributed by atoms with Crippen molar-refractivity contribution in [2.24, 2.45) is 0 Å². The van der Waals surface area contributed by atoms with E-state index < -0.39 is 4.92 Å². The second-order valence-corrected chi connectivity index (χ2v) is 21.3. The molecule has 1 fully saturated rings. The van der Waals surface area contributed by atoms with Crippen molar-refractivity contribution in [3.8, 4) is 11.1 Å². The van der Waals surface area contributed by atoms with Gasteiger partial charge in [-0.1, -0.05) is 146 Å². The summed E-state index contributed by atoms with van der Waals surface area (Å²) in [6, 6.07) is 60.7. The average Bonchev–Trinajstić information content (AvgIpc) is 4.01. The number of hydrogen-bond donors (Lipinski definition) is 0. The molecule has 3 heterocycles. The number of para-hydroxylation sites is 2. The van der Waals surface area contributed by atoms with Crippen LogP contribution in [-0.2, 0) is 9.31 Å². The number of halogens is 1. The van der Waals surface area contributed by atoms with Crippen LogP contribution in [0, 0.1) is 20.2 Å². The van der Waals surface area contributed by atoms with Gasteiger partial charge in [0.05, 0.1) is 31.1 Å². The van der Waals surface area contributed by atoms with Gasteiger partial charge in [0, 0.05) is 63.2 Å². The molecule has 2 aromatic heterocycles. The Morgan fingerprint density at radius 2 is 0.871 bits per heavy atom. The van der Waals surface area contributed by atoms with Crippen LogP contribution in [0.5, 0.6) is 0 Å². The Balaban J connectivity index is 0.000000128. The summed E-state index contributed by atoms with van der Waals surface area (Å²) >= 11 is 6.74. The molecule has 0 bridgehead atoms. The van der Waals surface area contributed by atoms with Crippen LogP contribution < -0.4 is 5.46 Å². The van der Waals surface area contributed by atoms with E-state index in [4.69, 9.17) is 9.31 Å². The van der Waals surface area contributed by atoms with Crippen molar-refractivity contribution in [3.05, 3.63) is 207 Å². The van der Waals surface area contributed by atoms with E-state index in [1.54, 1.807) is 30.3 Å². The first-order chi connectivity index (χ1) is 33.8. The summed E-state index contributed by atoms with van der Waals surface area (Å²) in [7, 11) is -0.363. The Morgan fingerprint density at radius 1 is 0.443 bits per heavy atom. The number of hydrogen-bond acceptors (Lipinski definition) is 8. The van der Waals surface area contributed by atoms with E-state index in [0.29, 0.717) is 10.0 Å². The number of nitro groups is 2. The lowest BCUT2D eigenvalue weighted by Crippen LogP contribution is -2.41. The Labute approximate surface area is 419 Å². The highest BCUT2D eigenvalue weighted by atomic mass is 79.9. The highest BCUT2D eigenvalue weighted by Gasteiger charge is 2.52. The molecule has 70 heavy (non-hydrogen) atoms. The summed E-state index contributed by atoms with van der Waals surface area (Å²) in [6.07, 6.45) is 0. The Kier molecular flexibility index (Phi) is 11.5. The van der Waals surface area contributed by atoms with Gasteiger partial charge in [-0.15, -0.1) is 22.7 Å². The maximum Gasteiger partial charge on any atom is 0.495 e. The molecule has 0 amide bonds. The standard InChI is InChI=1S/C26H23BO2S.C26H15NO2S.C6H4BrNO2/c1-25(2)26(3,4)29-27(28-25)21-10-7-9-19-17(21)14-12-16-13-15-20-18-8-5-6-11-22(18)30-24(20)23(16)19;28-27(29)23-10-3-1-6-19(23)17-8-5-9-21-18(17)14-12-16-13-15-22-20-7-2-4-11-24(20)30-26(22)25(16)21;7-5-3-1-2-4-6(5)8(9)10/h5-15H,1-4H3;1-15H;1-4H. The molecule has 0 spiro atoms. The van der Waals surface area contributed by atoms with Gasteiger partial charge >= 0.3 is 7.12 Å². The van der Waals surface area contributed by atoms with E-state index >= 15 is 0 Å². The van der Waals surface area contributed by atoms with Crippen LogP contribution in [0.25, 0.3) is 94.6 Å². The molecule has 12 aromatic rings. The average molecular weight is 1020 g/mol. The molecule has 8 nitrogen and oxygen atoms in total. The monoisotopic (exact) mass is 1020 g/mol. The Bertz CT molecular complexity index is 4080. The SMILES string of the molecule is CC1(C)OB(c2cccc3c2ccc2ccc4c5ccccc5sc4c23)OC1(C)C.O=[N+]([O-])c1ccccc1-c1cccc2c1ccc1ccc3c4ccccc4sc3c12.O=[N+]([O-])c1ccccc1Br. The lowest BCUT2D eigenvalue weighted by molar-refractivity contribution is -0.385. The fraction of sp³-hybridized carbons (Fsp3) is 0.103. The molecule has 0 atom stereocenters. The molecule has 342 valence electrons. The molecule has 0 saturated carbocycles. The van der Waals surface area contributed by atoms with Crippen molar-refractivity contribution in [2.75, 3.05) is 0 Å². The van der Waals surface area contributed by atoms with Crippen LogP contribution in [-0.4, -0.2) is 28.2 Å². The minimum absolute atomic E-state index is 0.0995. The number of nitro benzene ring substituents is 2. The van der Waals surface area contributed by atoms with Crippen molar-refractivity contribution >= 4 is 146 Å². The van der Waals surface area contributed by atoms with E-state index in [-0.39, 0.29) is 34.6 Å². The van der Waals surface area contributed by atoms with E-state index in [2.05, 4.69) is 165 Å². The zero-order valence-corrected chi connectivity index (χ0v) is 41.7. The van der Waals surface area contributed by atoms with Crippen LogP contribution in [0.1, 0.15) is 27.7 Å². The fourth-order valence-corrected chi connectivity index (χ4v) is 12.6. The Hall–Kier alpha value is -7.06. The molecule has 0 radical (unpaired) electrons. The maximum absolute atomic E-state index is 11.6. The molecular formula is C58H42BBrN2O6S2. The highest BCUT2D eigenvalue weighted by Crippen LogP contribution is 2.45. The molecule has 13 rings (SSSR count). The van der Waals surface area contributed by atoms with E-state index in [1.165, 1.54) is 78.7 Å². The molecule has 0 N–H and O–H groups in total. The zero-order valence-electron chi connectivity index (χ0n) is 38.4. The number of benzene rings is 10. The van der Waals surface area contributed by atoms with Crippen molar-refractivity contribution < 1.29 is 19.2 Å². The quantitative estimate of drug-likeness (QED) is 0.0753. The first kappa shape index (κ1) is 45.4. The molecule has 12 heteroatoms. The van der Waals surface area contributed by atoms with E-state index in [0.717, 1.165) is 21.8 Å². The minimum atomic E-state index is -0.427. The second-order valence-electron chi connectivity index (χ2n) is 18.3. The van der Waals surface area contributed by atoms with Crippen LogP contribution in [0.4, 0.5) is 11.4 Å². The lowest BCUT2D eigenvalue weighted by atomic mass is 9.75. The third-order valence-corrected chi connectivity index (χ3v) is 16.8. The third kappa shape index (κ3) is 7.76. The first-order valence-corrected chi connectivity index (χ1v) is 25.2. The van der Waals surface area contributed by atoms with Crippen molar-refractivity contribution in [2.45, 2.75) is 38.9 Å². The normalized spacial score (nSPS) is 14.1. The summed E-state index contributed by atoms with van der Waals surface area (Å²) in [4.78, 5) is 21.1. The summed E-state index contributed by atoms with van der Waals surface area (Å²) < 4.78 is 18.5. The van der Waals surface area contributed by atoms with Crippen LogP contribution in [0.15, 0.2) is 186 Å². The third-order valence-electron chi connectivity index (χ3n) is 13.7. The van der Waals surface area contributed by atoms with Gasteiger partial charge < -0.3 is 9.31 Å². The fourth-order valence-electron chi connectivity index (χ4n) is 9.61. The molecule has 1 aliphatic heterocycles. The van der Waals surface area contributed by atoms with Gasteiger partial charge in [-0.2, -0.15) is 0 Å². The summed E-state index contributed by atoms with van der Waals surface area (Å²) in [5, 5.41) is 36.6. The van der Waals surface area contributed by atoms with Gasteiger partial charge in [-0.3, -0.25) is 20.2 Å². The van der Waals surface area contributed by atoms with Crippen molar-refractivity contribution in [1.82, 2.24) is 0 Å². The van der Waals surface area contributed by atoms with Gasteiger partial charge in [-0.25, -0.2) is 0 Å². The topological polar surface area (TPSA) is 105 Å². The molecule has 10 aromatic carbocycles. The number of nitrogens with zero attached hydrogens (tertiary/aromatic N) is 2.